The van der Waals surface area contributed by atoms with Gasteiger partial charge in [-0.05, 0) is 66.3 Å². The van der Waals surface area contributed by atoms with E-state index in [0.29, 0.717) is 10.0 Å². The number of rotatable bonds is 9. The minimum atomic E-state index is 0.211. The Morgan fingerprint density at radius 3 is 2.17 bits per heavy atom. The lowest BCUT2D eigenvalue weighted by Gasteiger charge is -2.12. The second-order valence-corrected chi connectivity index (χ2v) is 6.40. The first-order chi connectivity index (χ1) is 11.6. The van der Waals surface area contributed by atoms with E-state index < -0.39 is 0 Å². The van der Waals surface area contributed by atoms with Gasteiger partial charge >= 0.3 is 0 Å². The van der Waals surface area contributed by atoms with Crippen LogP contribution in [0.2, 0.25) is 10.0 Å². The number of halogens is 2. The first kappa shape index (κ1) is 19.1. The Morgan fingerprint density at radius 1 is 0.792 bits per heavy atom. The van der Waals surface area contributed by atoms with Gasteiger partial charge in [-0.25, -0.2) is 0 Å². The Bertz CT molecular complexity index is 639. The van der Waals surface area contributed by atoms with Crippen molar-refractivity contribution in [1.82, 2.24) is 0 Å². The van der Waals surface area contributed by atoms with Gasteiger partial charge in [0.15, 0.2) is 6.79 Å². The first-order valence-corrected chi connectivity index (χ1v) is 8.59. The van der Waals surface area contributed by atoms with Gasteiger partial charge in [-0.15, -0.1) is 0 Å². The molecule has 0 aliphatic heterocycles. The summed E-state index contributed by atoms with van der Waals surface area (Å²) >= 11 is 12.3. The van der Waals surface area contributed by atoms with Gasteiger partial charge in [-0.1, -0.05) is 29.3 Å². The summed E-state index contributed by atoms with van der Waals surface area (Å²) in [6, 6.07) is 11.7. The number of benzene rings is 2. The maximum atomic E-state index is 6.13. The van der Waals surface area contributed by atoms with Crippen LogP contribution in [-0.4, -0.2) is 27.6 Å². The molecule has 0 unspecified atom stereocenters. The lowest BCUT2D eigenvalue weighted by molar-refractivity contribution is 0.0511. The molecule has 24 heavy (non-hydrogen) atoms. The summed E-state index contributed by atoms with van der Waals surface area (Å²) in [5.74, 6) is 0.771. The Labute approximate surface area is 153 Å². The molecule has 0 bridgehead atoms. The number of aryl methyl sites for hydroxylation is 1. The molecule has 130 valence electrons. The van der Waals surface area contributed by atoms with Gasteiger partial charge in [-0.2, -0.15) is 0 Å². The monoisotopic (exact) mass is 368 g/mol. The van der Waals surface area contributed by atoms with E-state index >= 15 is 0 Å². The summed E-state index contributed by atoms with van der Waals surface area (Å²) < 4.78 is 15.7. The molecule has 2 aromatic carbocycles. The van der Waals surface area contributed by atoms with Crippen LogP contribution in [0.4, 0.5) is 0 Å². The quantitative estimate of drug-likeness (QED) is 0.425. The Kier molecular flexibility index (Phi) is 7.86. The highest BCUT2D eigenvalue weighted by atomic mass is 35.5. The summed E-state index contributed by atoms with van der Waals surface area (Å²) in [5, 5.41) is 1.23. The third-order valence-electron chi connectivity index (χ3n) is 3.57. The highest BCUT2D eigenvalue weighted by molar-refractivity contribution is 6.35. The molecule has 0 saturated carbocycles. The minimum Gasteiger partial charge on any atom is -0.468 e. The first-order valence-electron chi connectivity index (χ1n) is 7.83. The van der Waals surface area contributed by atoms with Gasteiger partial charge in [0.1, 0.15) is 5.75 Å². The normalized spacial score (nSPS) is 10.8. The van der Waals surface area contributed by atoms with Gasteiger partial charge < -0.3 is 14.2 Å². The summed E-state index contributed by atoms with van der Waals surface area (Å²) in [6.45, 7) is 0.986. The minimum absolute atomic E-state index is 0.211. The fourth-order valence-electron chi connectivity index (χ4n) is 2.48. The molecule has 0 fully saturated rings. The number of hydrogen-bond donors (Lipinski definition) is 0. The van der Waals surface area contributed by atoms with Crippen molar-refractivity contribution in [3.63, 3.8) is 0 Å². The van der Waals surface area contributed by atoms with Crippen molar-refractivity contribution in [2.75, 3.05) is 27.6 Å². The fourth-order valence-corrected chi connectivity index (χ4v) is 3.00. The molecule has 0 atom stereocenters. The van der Waals surface area contributed by atoms with Crippen molar-refractivity contribution in [3.05, 3.63) is 52.0 Å². The standard InChI is InChI=1S/C19H22Cl2O3/c1-22-6-4-3-5-14-7-15(11-19(8-14)24-13-23-2)16-9-17(20)12-18(21)10-16/h7-12H,3-6,13H2,1-2H3. The number of methoxy groups -OCH3 is 2. The van der Waals surface area contributed by atoms with Gasteiger partial charge in [0.25, 0.3) is 0 Å². The molecular weight excluding hydrogens is 347 g/mol. The van der Waals surface area contributed by atoms with Gasteiger partial charge in [0.2, 0.25) is 0 Å². The average molecular weight is 369 g/mol. The summed E-state index contributed by atoms with van der Waals surface area (Å²) in [6.07, 6.45) is 3.03. The van der Waals surface area contributed by atoms with Crippen LogP contribution in [-0.2, 0) is 15.9 Å². The lowest BCUT2D eigenvalue weighted by Crippen LogP contribution is -2.00. The number of unbranched alkanes of at least 4 members (excludes halogenated alkanes) is 1. The number of hydrogen-bond acceptors (Lipinski definition) is 3. The van der Waals surface area contributed by atoms with E-state index in [4.69, 9.17) is 37.4 Å². The summed E-state index contributed by atoms with van der Waals surface area (Å²) in [5.41, 5.74) is 3.19. The molecule has 5 heteroatoms. The zero-order valence-electron chi connectivity index (χ0n) is 14.0. The third kappa shape index (κ3) is 5.99. The second-order valence-electron chi connectivity index (χ2n) is 5.52. The molecule has 0 N–H and O–H groups in total. The highest BCUT2D eigenvalue weighted by Crippen LogP contribution is 2.31. The topological polar surface area (TPSA) is 27.7 Å². The Balaban J connectivity index is 2.27. The van der Waals surface area contributed by atoms with E-state index in [0.717, 1.165) is 42.7 Å². The van der Waals surface area contributed by atoms with Crippen molar-refractivity contribution < 1.29 is 14.2 Å². The van der Waals surface area contributed by atoms with Crippen molar-refractivity contribution in [2.24, 2.45) is 0 Å². The molecule has 2 rings (SSSR count). The van der Waals surface area contributed by atoms with Crippen LogP contribution in [0.15, 0.2) is 36.4 Å². The van der Waals surface area contributed by atoms with Crippen LogP contribution in [0.1, 0.15) is 18.4 Å². The molecule has 0 radical (unpaired) electrons. The predicted octanol–water partition coefficient (Wildman–Crippen LogP) is 5.61. The lowest BCUT2D eigenvalue weighted by atomic mass is 10.00. The third-order valence-corrected chi connectivity index (χ3v) is 4.01. The maximum Gasteiger partial charge on any atom is 0.188 e. The smallest absolute Gasteiger partial charge is 0.188 e. The molecule has 2 aromatic rings. The largest absolute Gasteiger partial charge is 0.468 e. The fraction of sp³-hybridized carbons (Fsp3) is 0.368. The molecule has 3 nitrogen and oxygen atoms in total. The summed E-state index contributed by atoms with van der Waals surface area (Å²) in [7, 11) is 3.33. The zero-order valence-corrected chi connectivity index (χ0v) is 15.5. The van der Waals surface area contributed by atoms with E-state index in [-0.39, 0.29) is 6.79 Å². The SMILES string of the molecule is COCCCCc1cc(OCOC)cc(-c2cc(Cl)cc(Cl)c2)c1. The highest BCUT2D eigenvalue weighted by Gasteiger charge is 2.07. The van der Waals surface area contributed by atoms with Gasteiger partial charge in [0.05, 0.1) is 0 Å². The van der Waals surface area contributed by atoms with Crippen LogP contribution < -0.4 is 4.74 Å². The van der Waals surface area contributed by atoms with Crippen LogP contribution in [0.3, 0.4) is 0 Å². The van der Waals surface area contributed by atoms with Crippen molar-refractivity contribution in [2.45, 2.75) is 19.3 Å². The predicted molar refractivity (Wildman–Crippen MR) is 99.2 cm³/mol. The van der Waals surface area contributed by atoms with Crippen LogP contribution in [0.25, 0.3) is 11.1 Å². The molecule has 0 aromatic heterocycles. The Morgan fingerprint density at radius 2 is 1.50 bits per heavy atom. The zero-order chi connectivity index (χ0) is 17.4. The number of ether oxygens (including phenoxy) is 3. The molecule has 0 aliphatic rings. The molecule has 0 aliphatic carbocycles. The van der Waals surface area contributed by atoms with E-state index in [9.17, 15) is 0 Å². The van der Waals surface area contributed by atoms with Crippen molar-refractivity contribution >= 4 is 23.2 Å². The molecule has 0 amide bonds. The molecule has 0 heterocycles. The second kappa shape index (κ2) is 9.90. The van der Waals surface area contributed by atoms with Crippen molar-refractivity contribution in [1.29, 1.82) is 0 Å². The van der Waals surface area contributed by atoms with Crippen LogP contribution >= 0.6 is 23.2 Å². The van der Waals surface area contributed by atoms with E-state index in [2.05, 4.69) is 6.07 Å². The Hall–Kier alpha value is -1.26. The molecule has 0 saturated heterocycles. The van der Waals surface area contributed by atoms with E-state index in [1.165, 1.54) is 5.56 Å². The van der Waals surface area contributed by atoms with Gasteiger partial charge in [-0.3, -0.25) is 0 Å². The molecule has 0 spiro atoms. The summed E-state index contributed by atoms with van der Waals surface area (Å²) in [4.78, 5) is 0. The van der Waals surface area contributed by atoms with E-state index in [1.54, 1.807) is 20.3 Å². The van der Waals surface area contributed by atoms with E-state index in [1.807, 2.05) is 24.3 Å². The average Bonchev–Trinajstić information content (AvgIpc) is 2.56. The molecular formula is C19H22Cl2O3. The maximum absolute atomic E-state index is 6.13. The van der Waals surface area contributed by atoms with Crippen LogP contribution in [0, 0.1) is 0 Å². The van der Waals surface area contributed by atoms with Crippen molar-refractivity contribution in [3.8, 4) is 16.9 Å². The van der Waals surface area contributed by atoms with Crippen LogP contribution in [0.5, 0.6) is 5.75 Å². The van der Waals surface area contributed by atoms with Gasteiger partial charge in [0, 0.05) is 30.9 Å².